The molecule has 0 saturated heterocycles. The molecule has 0 saturated carbocycles. The van der Waals surface area contributed by atoms with Crippen LogP contribution in [0.1, 0.15) is 12.5 Å². The second-order valence-electron chi connectivity index (χ2n) is 3.73. The van der Waals surface area contributed by atoms with E-state index in [1.807, 2.05) is 26.0 Å². The molecular weight excluding hydrogens is 219 g/mol. The fraction of sp³-hybridized carbons (Fsp3) is 0.273. The van der Waals surface area contributed by atoms with E-state index in [1.54, 1.807) is 0 Å². The molecule has 5 heteroatoms. The monoisotopic (exact) mass is 230 g/mol. The van der Waals surface area contributed by atoms with Crippen molar-refractivity contribution in [1.29, 1.82) is 0 Å². The van der Waals surface area contributed by atoms with Crippen molar-refractivity contribution in [1.82, 2.24) is 9.55 Å². The van der Waals surface area contributed by atoms with Gasteiger partial charge in [0.25, 0.3) is 0 Å². The lowest BCUT2D eigenvalue weighted by molar-refractivity contribution is 0.699. The number of aromatic nitrogens is 2. The lowest BCUT2D eigenvalue weighted by Gasteiger charge is -2.08. The molecule has 0 amide bonds. The maximum absolute atomic E-state index is 11.7. The molecule has 0 spiro atoms. The van der Waals surface area contributed by atoms with Crippen LogP contribution in [0.15, 0.2) is 16.9 Å². The van der Waals surface area contributed by atoms with E-state index in [-0.39, 0.29) is 5.69 Å². The first-order valence-corrected chi connectivity index (χ1v) is 5.48. The zero-order chi connectivity index (χ0) is 11.9. The van der Waals surface area contributed by atoms with E-state index in [2.05, 4.69) is 4.98 Å². The summed E-state index contributed by atoms with van der Waals surface area (Å²) in [5, 5.41) is 0.819. The molecule has 0 aliphatic rings. The van der Waals surface area contributed by atoms with Gasteiger partial charge >= 0.3 is 5.69 Å². The van der Waals surface area contributed by atoms with Gasteiger partial charge in [0.1, 0.15) is 12.5 Å². The Morgan fingerprint density at radius 3 is 2.81 bits per heavy atom. The first-order valence-electron chi connectivity index (χ1n) is 5.07. The molecule has 0 atom stereocenters. The molecule has 0 bridgehead atoms. The van der Waals surface area contributed by atoms with Crippen molar-refractivity contribution in [2.24, 2.45) is 0 Å². The molecule has 0 aliphatic carbocycles. The van der Waals surface area contributed by atoms with Crippen LogP contribution in [0.2, 0.25) is 0 Å². The Hall–Kier alpha value is -1.36. The van der Waals surface area contributed by atoms with Gasteiger partial charge < -0.3 is 4.98 Å². The van der Waals surface area contributed by atoms with Crippen LogP contribution in [0, 0.1) is 11.6 Å². The van der Waals surface area contributed by atoms with E-state index in [0.717, 1.165) is 16.5 Å². The third kappa shape index (κ3) is 1.61. The second-order valence-corrected chi connectivity index (χ2v) is 4.12. The van der Waals surface area contributed by atoms with Crippen LogP contribution in [0.5, 0.6) is 0 Å². The summed E-state index contributed by atoms with van der Waals surface area (Å²) in [6, 6.07) is 3.66. The topological polar surface area (TPSA) is 37.8 Å². The summed E-state index contributed by atoms with van der Waals surface area (Å²) in [7, 11) is 5.84. The quantitative estimate of drug-likeness (QED) is 0.590. The third-order valence-corrected chi connectivity index (χ3v) is 3.13. The number of nitrogens with one attached hydrogen (secondary N) is 1. The number of benzene rings is 1. The highest BCUT2D eigenvalue weighted by Crippen LogP contribution is 2.11. The highest BCUT2D eigenvalue weighted by Gasteiger charge is 2.04. The molecule has 1 aromatic carbocycles. The predicted molar refractivity (Wildman–Crippen MR) is 69.2 cm³/mol. The maximum Gasteiger partial charge on any atom is 0.326 e. The van der Waals surface area contributed by atoms with E-state index < -0.39 is 0 Å². The van der Waals surface area contributed by atoms with Gasteiger partial charge in [-0.2, -0.15) is 0 Å². The minimum atomic E-state index is -0.177. The van der Waals surface area contributed by atoms with E-state index in [9.17, 15) is 4.79 Å². The van der Waals surface area contributed by atoms with Crippen molar-refractivity contribution in [2.45, 2.75) is 20.4 Å². The molecule has 3 nitrogen and oxygen atoms in total. The number of aromatic amines is 1. The highest BCUT2D eigenvalue weighted by molar-refractivity contribution is 7.71. The molecule has 80 valence electrons. The molecular formula is C11H11BN2OS. The normalized spacial score (nSPS) is 10.9. The fourth-order valence-corrected chi connectivity index (χ4v) is 2.09. The minimum absolute atomic E-state index is 0.177. The summed E-state index contributed by atoms with van der Waals surface area (Å²) in [6.07, 6.45) is 0. The van der Waals surface area contributed by atoms with Crippen LogP contribution in [0.4, 0.5) is 0 Å². The van der Waals surface area contributed by atoms with Crippen LogP contribution >= 0.6 is 12.2 Å². The zero-order valence-corrected chi connectivity index (χ0v) is 10.0. The number of H-pyrrole nitrogens is 1. The lowest BCUT2D eigenvalue weighted by Crippen LogP contribution is -2.23. The molecule has 2 rings (SSSR count). The van der Waals surface area contributed by atoms with Gasteiger partial charge in [0.15, 0.2) is 0 Å². The smallest absolute Gasteiger partial charge is 0.307 e. The first kappa shape index (κ1) is 11.1. The minimum Gasteiger partial charge on any atom is -0.307 e. The Morgan fingerprint density at radius 1 is 1.50 bits per heavy atom. The van der Waals surface area contributed by atoms with E-state index in [0.29, 0.717) is 16.6 Å². The molecule has 16 heavy (non-hydrogen) atoms. The van der Waals surface area contributed by atoms with Crippen LogP contribution < -0.4 is 11.2 Å². The molecule has 0 aliphatic heterocycles. The van der Waals surface area contributed by atoms with Crippen molar-refractivity contribution in [3.8, 4) is 0 Å². The van der Waals surface area contributed by atoms with E-state index >= 15 is 0 Å². The number of fused-ring (bicyclic) bond motifs is 1. The van der Waals surface area contributed by atoms with Crippen molar-refractivity contribution < 1.29 is 0 Å². The van der Waals surface area contributed by atoms with Gasteiger partial charge in [0.2, 0.25) is 0 Å². The van der Waals surface area contributed by atoms with Gasteiger partial charge in [-0.25, -0.2) is 4.79 Å². The Morgan fingerprint density at radius 2 is 2.19 bits per heavy atom. The average Bonchev–Trinajstić information content (AvgIpc) is 2.22. The van der Waals surface area contributed by atoms with Gasteiger partial charge in [-0.05, 0) is 19.9 Å². The largest absolute Gasteiger partial charge is 0.326 e. The molecule has 0 unspecified atom stereocenters. The molecule has 0 fully saturated rings. The van der Waals surface area contributed by atoms with Gasteiger partial charge in [-0.3, -0.25) is 4.57 Å². The average molecular weight is 230 g/mol. The summed E-state index contributed by atoms with van der Waals surface area (Å²) in [5.41, 5.74) is 2.19. The number of nitrogens with zero attached hydrogens (tertiary/aromatic N) is 1. The van der Waals surface area contributed by atoms with Crippen molar-refractivity contribution in [3.63, 3.8) is 0 Å². The summed E-state index contributed by atoms with van der Waals surface area (Å²) in [6.45, 7) is 4.34. The predicted octanol–water partition coefficient (Wildman–Crippen LogP) is 1.18. The Bertz CT molecular complexity index is 672. The maximum atomic E-state index is 11.7. The molecule has 1 aromatic heterocycles. The third-order valence-electron chi connectivity index (χ3n) is 2.68. The van der Waals surface area contributed by atoms with E-state index in [1.165, 1.54) is 4.57 Å². The fourth-order valence-electron chi connectivity index (χ4n) is 1.71. The van der Waals surface area contributed by atoms with Crippen LogP contribution in [-0.2, 0) is 6.54 Å². The number of aryl methyl sites for hydroxylation is 1. The van der Waals surface area contributed by atoms with Crippen LogP contribution in [0.3, 0.4) is 0 Å². The Labute approximate surface area is 99.5 Å². The zero-order valence-electron chi connectivity index (χ0n) is 9.20. The van der Waals surface area contributed by atoms with Crippen LogP contribution in [-0.4, -0.2) is 17.4 Å². The number of rotatable bonds is 1. The molecule has 1 heterocycles. The van der Waals surface area contributed by atoms with Crippen molar-refractivity contribution in [2.75, 3.05) is 0 Å². The number of hydrogen-bond donors (Lipinski definition) is 1. The summed E-state index contributed by atoms with van der Waals surface area (Å²) >= 11 is 5.27. The number of hydrogen-bond acceptors (Lipinski definition) is 2. The molecule has 1 N–H and O–H groups in total. The lowest BCUT2D eigenvalue weighted by atomic mass is 9.90. The van der Waals surface area contributed by atoms with Crippen molar-refractivity contribution in [3.05, 3.63) is 32.8 Å². The Balaban J connectivity index is 3.00. The summed E-state index contributed by atoms with van der Waals surface area (Å²) < 4.78 is 2.06. The summed E-state index contributed by atoms with van der Waals surface area (Å²) in [4.78, 5) is 14.5. The molecule has 2 aromatic rings. The first-order chi connectivity index (χ1) is 7.54. The van der Waals surface area contributed by atoms with Gasteiger partial charge in [0, 0.05) is 11.9 Å². The van der Waals surface area contributed by atoms with Crippen molar-refractivity contribution >= 4 is 36.4 Å². The second kappa shape index (κ2) is 3.90. The highest BCUT2D eigenvalue weighted by atomic mass is 32.1. The van der Waals surface area contributed by atoms with Gasteiger partial charge in [-0.1, -0.05) is 29.3 Å². The standard InChI is InChI=1S/C11H11BN2OS/c1-3-14-10(16)7-5-8(12)6(2)4-9(7)13-11(14)15/h4-5H,3H2,1-2H3,(H,13,15). The SMILES string of the molecule is [B]c1cc2c(=S)n(CC)c(=O)[nH]c2cc1C. The van der Waals surface area contributed by atoms with Crippen LogP contribution in [0.25, 0.3) is 10.9 Å². The summed E-state index contributed by atoms with van der Waals surface area (Å²) in [5.74, 6) is 0. The Kier molecular flexibility index (Phi) is 2.72. The van der Waals surface area contributed by atoms with E-state index in [4.69, 9.17) is 20.1 Å². The molecule has 2 radical (unpaired) electrons. The van der Waals surface area contributed by atoms with Gasteiger partial charge in [-0.15, -0.1) is 0 Å². The van der Waals surface area contributed by atoms with Gasteiger partial charge in [0.05, 0.1) is 5.52 Å².